The van der Waals surface area contributed by atoms with E-state index in [1.165, 1.54) is 6.07 Å². The van der Waals surface area contributed by atoms with E-state index in [0.717, 1.165) is 22.8 Å². The van der Waals surface area contributed by atoms with Crippen LogP contribution in [0.25, 0.3) is 16.7 Å². The number of nitrogen functional groups attached to an aromatic ring is 1. The standard InChI is InChI=1S/C13H6ClF4N3/c14-5-3-10-8(4-7(5)16)20-13(19)21(10)9-2-1-6(15)11(17)12(9)18/h1-4H,(H2,19,20). The van der Waals surface area contributed by atoms with E-state index in [9.17, 15) is 17.6 Å². The van der Waals surface area contributed by atoms with Crippen molar-refractivity contribution in [3.8, 4) is 5.69 Å². The van der Waals surface area contributed by atoms with E-state index in [-0.39, 0.29) is 27.7 Å². The maximum absolute atomic E-state index is 13.9. The quantitative estimate of drug-likeness (QED) is 0.548. The largest absolute Gasteiger partial charge is 0.369 e. The third-order valence-corrected chi connectivity index (χ3v) is 3.27. The van der Waals surface area contributed by atoms with Crippen molar-refractivity contribution >= 4 is 28.6 Å². The Bertz CT molecular complexity index is 876. The molecule has 0 aliphatic carbocycles. The van der Waals surface area contributed by atoms with Crippen LogP contribution in [0.2, 0.25) is 5.02 Å². The number of aromatic nitrogens is 2. The van der Waals surface area contributed by atoms with Crippen LogP contribution in [-0.2, 0) is 0 Å². The first kappa shape index (κ1) is 13.7. The molecule has 108 valence electrons. The van der Waals surface area contributed by atoms with Gasteiger partial charge in [-0.25, -0.2) is 22.5 Å². The predicted octanol–water partition coefficient (Wildman–Crippen LogP) is 3.82. The molecule has 0 amide bonds. The molecule has 2 N–H and O–H groups in total. The summed E-state index contributed by atoms with van der Waals surface area (Å²) in [7, 11) is 0. The highest BCUT2D eigenvalue weighted by Crippen LogP contribution is 2.29. The first-order chi connectivity index (χ1) is 9.90. The van der Waals surface area contributed by atoms with Gasteiger partial charge >= 0.3 is 0 Å². The van der Waals surface area contributed by atoms with E-state index < -0.39 is 23.3 Å². The summed E-state index contributed by atoms with van der Waals surface area (Å²) in [5, 5.41) is -0.230. The molecule has 0 saturated heterocycles. The van der Waals surface area contributed by atoms with Gasteiger partial charge in [-0.05, 0) is 18.2 Å². The van der Waals surface area contributed by atoms with E-state index in [4.69, 9.17) is 17.3 Å². The zero-order chi connectivity index (χ0) is 15.3. The summed E-state index contributed by atoms with van der Waals surface area (Å²) in [5.74, 6) is -5.33. The van der Waals surface area contributed by atoms with Gasteiger partial charge in [-0.3, -0.25) is 4.57 Å². The first-order valence-corrected chi connectivity index (χ1v) is 6.04. The summed E-state index contributed by atoms with van der Waals surface area (Å²) < 4.78 is 54.6. The predicted molar refractivity (Wildman–Crippen MR) is 70.3 cm³/mol. The number of hydrogen-bond donors (Lipinski definition) is 1. The molecule has 1 heterocycles. The van der Waals surface area contributed by atoms with Crippen LogP contribution in [0.1, 0.15) is 0 Å². The highest BCUT2D eigenvalue weighted by Gasteiger charge is 2.19. The van der Waals surface area contributed by atoms with Gasteiger partial charge in [0.2, 0.25) is 5.95 Å². The molecule has 0 aliphatic heterocycles. The van der Waals surface area contributed by atoms with Crippen LogP contribution in [0.4, 0.5) is 23.5 Å². The Kier molecular flexibility index (Phi) is 3.02. The minimum absolute atomic E-state index is 0.110. The van der Waals surface area contributed by atoms with Gasteiger partial charge in [0.1, 0.15) is 5.82 Å². The summed E-state index contributed by atoms with van der Waals surface area (Å²) in [5.41, 5.74) is 5.58. The van der Waals surface area contributed by atoms with Crippen molar-refractivity contribution in [1.29, 1.82) is 0 Å². The topological polar surface area (TPSA) is 43.8 Å². The lowest BCUT2D eigenvalue weighted by Gasteiger charge is -2.09. The third-order valence-electron chi connectivity index (χ3n) is 2.98. The van der Waals surface area contributed by atoms with Crippen molar-refractivity contribution in [1.82, 2.24) is 9.55 Å². The van der Waals surface area contributed by atoms with Crippen molar-refractivity contribution in [2.75, 3.05) is 5.73 Å². The van der Waals surface area contributed by atoms with Gasteiger partial charge in [-0.15, -0.1) is 0 Å². The van der Waals surface area contributed by atoms with E-state index in [2.05, 4.69) is 4.98 Å². The maximum Gasteiger partial charge on any atom is 0.206 e. The zero-order valence-corrected chi connectivity index (χ0v) is 10.9. The molecule has 3 nitrogen and oxygen atoms in total. The van der Waals surface area contributed by atoms with E-state index >= 15 is 0 Å². The van der Waals surface area contributed by atoms with Crippen LogP contribution in [0.15, 0.2) is 24.3 Å². The number of fused-ring (bicyclic) bond motifs is 1. The molecule has 3 rings (SSSR count). The van der Waals surface area contributed by atoms with Gasteiger partial charge < -0.3 is 5.73 Å². The van der Waals surface area contributed by atoms with Crippen molar-refractivity contribution in [2.45, 2.75) is 0 Å². The molecule has 0 bridgehead atoms. The van der Waals surface area contributed by atoms with Crippen LogP contribution in [0.3, 0.4) is 0 Å². The van der Waals surface area contributed by atoms with Gasteiger partial charge in [0.15, 0.2) is 17.5 Å². The van der Waals surface area contributed by atoms with Crippen molar-refractivity contribution < 1.29 is 17.6 Å². The SMILES string of the molecule is Nc1nc2cc(F)c(Cl)cc2n1-c1ccc(F)c(F)c1F. The van der Waals surface area contributed by atoms with Crippen LogP contribution in [0, 0.1) is 23.3 Å². The Morgan fingerprint density at radius 3 is 2.43 bits per heavy atom. The number of rotatable bonds is 1. The molecular formula is C13H6ClF4N3. The molecule has 0 spiro atoms. The molecule has 3 aromatic rings. The van der Waals surface area contributed by atoms with E-state index in [1.807, 2.05) is 0 Å². The third kappa shape index (κ3) is 2.01. The average Bonchev–Trinajstić information content (AvgIpc) is 2.73. The zero-order valence-electron chi connectivity index (χ0n) is 10.2. The number of halogens is 5. The van der Waals surface area contributed by atoms with Gasteiger partial charge in [-0.1, -0.05) is 11.6 Å². The van der Waals surface area contributed by atoms with Crippen LogP contribution >= 0.6 is 11.6 Å². The second-order valence-electron chi connectivity index (χ2n) is 4.25. The van der Waals surface area contributed by atoms with Crippen molar-refractivity contribution in [3.63, 3.8) is 0 Å². The monoisotopic (exact) mass is 315 g/mol. The van der Waals surface area contributed by atoms with Gasteiger partial charge in [0.05, 0.1) is 21.7 Å². The first-order valence-electron chi connectivity index (χ1n) is 5.67. The molecule has 0 atom stereocenters. The summed E-state index contributed by atoms with van der Waals surface area (Å²) in [6.45, 7) is 0. The molecular weight excluding hydrogens is 310 g/mol. The van der Waals surface area contributed by atoms with Crippen molar-refractivity contribution in [2.24, 2.45) is 0 Å². The normalized spacial score (nSPS) is 11.3. The fourth-order valence-electron chi connectivity index (χ4n) is 2.03. The fourth-order valence-corrected chi connectivity index (χ4v) is 2.19. The molecule has 21 heavy (non-hydrogen) atoms. The smallest absolute Gasteiger partial charge is 0.206 e. The lowest BCUT2D eigenvalue weighted by Crippen LogP contribution is -2.05. The van der Waals surface area contributed by atoms with E-state index in [0.29, 0.717) is 0 Å². The number of benzene rings is 2. The lowest BCUT2D eigenvalue weighted by atomic mass is 10.2. The van der Waals surface area contributed by atoms with Crippen LogP contribution < -0.4 is 5.73 Å². The molecule has 1 aromatic heterocycles. The Labute approximate surface area is 120 Å². The molecule has 0 radical (unpaired) electrons. The molecule has 0 unspecified atom stereocenters. The summed E-state index contributed by atoms with van der Waals surface area (Å²) in [6.07, 6.45) is 0. The molecule has 0 saturated carbocycles. The molecule has 8 heteroatoms. The Morgan fingerprint density at radius 2 is 1.71 bits per heavy atom. The fraction of sp³-hybridized carbons (Fsp3) is 0. The van der Waals surface area contributed by atoms with Gasteiger partial charge in [-0.2, -0.15) is 0 Å². The van der Waals surface area contributed by atoms with Gasteiger partial charge in [0, 0.05) is 6.07 Å². The minimum atomic E-state index is -1.64. The lowest BCUT2D eigenvalue weighted by molar-refractivity contribution is 0.445. The second-order valence-corrected chi connectivity index (χ2v) is 4.66. The van der Waals surface area contributed by atoms with E-state index in [1.54, 1.807) is 0 Å². The maximum atomic E-state index is 13.9. The molecule has 0 fully saturated rings. The minimum Gasteiger partial charge on any atom is -0.369 e. The highest BCUT2D eigenvalue weighted by atomic mass is 35.5. The number of nitrogens with two attached hydrogens (primary N) is 1. The Balaban J connectivity index is 2.38. The summed E-state index contributed by atoms with van der Waals surface area (Å²) in [4.78, 5) is 3.84. The summed E-state index contributed by atoms with van der Waals surface area (Å²) in [6, 6.07) is 3.95. The number of imidazole rings is 1. The van der Waals surface area contributed by atoms with Crippen LogP contribution in [0.5, 0.6) is 0 Å². The number of anilines is 1. The second kappa shape index (κ2) is 4.63. The average molecular weight is 316 g/mol. The van der Waals surface area contributed by atoms with Crippen LogP contribution in [-0.4, -0.2) is 9.55 Å². The molecule has 2 aromatic carbocycles. The Hall–Kier alpha value is -2.28. The van der Waals surface area contributed by atoms with Crippen molar-refractivity contribution in [3.05, 3.63) is 52.6 Å². The summed E-state index contributed by atoms with van der Waals surface area (Å²) >= 11 is 5.67. The van der Waals surface area contributed by atoms with Gasteiger partial charge in [0.25, 0.3) is 0 Å². The highest BCUT2D eigenvalue weighted by molar-refractivity contribution is 6.31. The number of nitrogens with zero attached hydrogens (tertiary/aromatic N) is 2. The number of hydrogen-bond acceptors (Lipinski definition) is 2. The molecule has 0 aliphatic rings. The Morgan fingerprint density at radius 1 is 1.00 bits per heavy atom.